The number of aromatic nitrogens is 3. The van der Waals surface area contributed by atoms with Crippen LogP contribution in [0.1, 0.15) is 42.1 Å². The highest BCUT2D eigenvalue weighted by atomic mass is 16.2. The summed E-state index contributed by atoms with van der Waals surface area (Å²) in [6, 6.07) is 7.99. The molecule has 0 unspecified atom stereocenters. The minimum Gasteiger partial charge on any atom is -0.339 e. The zero-order valence-electron chi connectivity index (χ0n) is 15.4. The molecular weight excluding hydrogens is 324 g/mol. The molecule has 134 valence electrons. The van der Waals surface area contributed by atoms with Crippen LogP contribution < -0.4 is 0 Å². The maximum Gasteiger partial charge on any atom is 0.254 e. The SMILES string of the molecule is CCn1cc(-c2cc(C(=O)N3CCCCC3)c3cccc(C)c3n2)cn1. The summed E-state index contributed by atoms with van der Waals surface area (Å²) in [5.41, 5.74) is 4.49. The molecule has 3 aromatic rings. The van der Waals surface area contributed by atoms with Crippen LogP contribution in [0, 0.1) is 6.92 Å². The predicted octanol–water partition coefficient (Wildman–Crippen LogP) is 4.05. The molecule has 1 aliphatic rings. The Morgan fingerprint density at radius 2 is 2.00 bits per heavy atom. The Labute approximate surface area is 153 Å². The minimum atomic E-state index is 0.117. The summed E-state index contributed by atoms with van der Waals surface area (Å²) in [6.45, 7) is 6.60. The smallest absolute Gasteiger partial charge is 0.254 e. The fourth-order valence-electron chi connectivity index (χ4n) is 3.65. The molecule has 0 aliphatic carbocycles. The highest BCUT2D eigenvalue weighted by Gasteiger charge is 2.22. The number of piperidine rings is 1. The largest absolute Gasteiger partial charge is 0.339 e. The van der Waals surface area contributed by atoms with Gasteiger partial charge in [0.2, 0.25) is 0 Å². The van der Waals surface area contributed by atoms with E-state index < -0.39 is 0 Å². The molecule has 3 heterocycles. The van der Waals surface area contributed by atoms with Crippen LogP contribution in [0.2, 0.25) is 0 Å². The van der Waals surface area contributed by atoms with E-state index in [9.17, 15) is 4.79 Å². The summed E-state index contributed by atoms with van der Waals surface area (Å²) in [6.07, 6.45) is 7.20. The second-order valence-corrected chi connectivity index (χ2v) is 6.96. The fraction of sp³-hybridized carbons (Fsp3) is 0.381. The molecule has 5 nitrogen and oxygen atoms in total. The predicted molar refractivity (Wildman–Crippen MR) is 103 cm³/mol. The fourth-order valence-corrected chi connectivity index (χ4v) is 3.65. The highest BCUT2D eigenvalue weighted by Crippen LogP contribution is 2.28. The number of amides is 1. The van der Waals surface area contributed by atoms with Gasteiger partial charge in [0, 0.05) is 36.8 Å². The van der Waals surface area contributed by atoms with Gasteiger partial charge < -0.3 is 4.90 Å². The number of likely N-dealkylation sites (tertiary alicyclic amines) is 1. The average Bonchev–Trinajstić information content (AvgIpc) is 3.17. The van der Waals surface area contributed by atoms with E-state index in [0.29, 0.717) is 0 Å². The van der Waals surface area contributed by atoms with E-state index >= 15 is 0 Å². The average molecular weight is 348 g/mol. The number of carbonyl (C=O) groups is 1. The number of nitrogens with zero attached hydrogens (tertiary/aromatic N) is 4. The molecule has 0 spiro atoms. The lowest BCUT2D eigenvalue weighted by Gasteiger charge is -2.27. The molecule has 2 aromatic heterocycles. The molecule has 26 heavy (non-hydrogen) atoms. The van der Waals surface area contributed by atoms with Crippen molar-refractivity contribution in [3.63, 3.8) is 0 Å². The van der Waals surface area contributed by atoms with Crippen molar-refractivity contribution in [1.29, 1.82) is 0 Å². The normalized spacial score (nSPS) is 14.8. The number of aryl methyl sites for hydroxylation is 2. The van der Waals surface area contributed by atoms with E-state index in [2.05, 4.69) is 12.0 Å². The third kappa shape index (κ3) is 2.98. The van der Waals surface area contributed by atoms with Crippen molar-refractivity contribution in [1.82, 2.24) is 19.7 Å². The third-order valence-electron chi connectivity index (χ3n) is 5.17. The number of carbonyl (C=O) groups excluding carboxylic acids is 1. The Morgan fingerprint density at radius 1 is 1.19 bits per heavy atom. The molecular formula is C21H24N4O. The van der Waals surface area contributed by atoms with Crippen molar-refractivity contribution in [2.24, 2.45) is 0 Å². The summed E-state index contributed by atoms with van der Waals surface area (Å²) in [4.78, 5) is 20.1. The Hall–Kier alpha value is -2.69. The number of para-hydroxylation sites is 1. The lowest BCUT2D eigenvalue weighted by Crippen LogP contribution is -2.35. The van der Waals surface area contributed by atoms with E-state index in [1.54, 1.807) is 0 Å². The maximum atomic E-state index is 13.2. The molecule has 1 saturated heterocycles. The number of hydrogen-bond donors (Lipinski definition) is 0. The van der Waals surface area contributed by atoms with Gasteiger partial charge in [-0.3, -0.25) is 9.48 Å². The van der Waals surface area contributed by atoms with Crippen molar-refractivity contribution in [3.8, 4) is 11.3 Å². The molecule has 0 atom stereocenters. The summed E-state index contributed by atoms with van der Waals surface area (Å²) < 4.78 is 1.88. The quantitative estimate of drug-likeness (QED) is 0.717. The van der Waals surface area contributed by atoms with Crippen LogP contribution in [0.15, 0.2) is 36.7 Å². The Balaban J connectivity index is 1.86. The van der Waals surface area contributed by atoms with Crippen molar-refractivity contribution in [3.05, 3.63) is 47.8 Å². The van der Waals surface area contributed by atoms with Gasteiger partial charge in [-0.25, -0.2) is 4.98 Å². The van der Waals surface area contributed by atoms with Gasteiger partial charge in [0.1, 0.15) is 0 Å². The van der Waals surface area contributed by atoms with Crippen LogP contribution in [0.25, 0.3) is 22.2 Å². The Kier molecular flexibility index (Phi) is 4.45. The summed E-state index contributed by atoms with van der Waals surface area (Å²) in [5, 5.41) is 5.30. The van der Waals surface area contributed by atoms with Gasteiger partial charge in [0.25, 0.3) is 5.91 Å². The van der Waals surface area contributed by atoms with Crippen LogP contribution in [-0.4, -0.2) is 38.7 Å². The highest BCUT2D eigenvalue weighted by molar-refractivity contribution is 6.07. The maximum absolute atomic E-state index is 13.2. The van der Waals surface area contributed by atoms with Gasteiger partial charge in [-0.15, -0.1) is 0 Å². The first-order valence-electron chi connectivity index (χ1n) is 9.40. The zero-order valence-corrected chi connectivity index (χ0v) is 15.4. The van der Waals surface area contributed by atoms with E-state index in [0.717, 1.165) is 65.8 Å². The molecule has 1 fully saturated rings. The molecule has 4 rings (SSSR count). The van der Waals surface area contributed by atoms with Crippen molar-refractivity contribution < 1.29 is 4.79 Å². The van der Waals surface area contributed by atoms with Crippen molar-refractivity contribution in [2.45, 2.75) is 39.7 Å². The first kappa shape index (κ1) is 16.8. The molecule has 1 amide bonds. The first-order chi connectivity index (χ1) is 12.7. The number of fused-ring (bicyclic) bond motifs is 1. The summed E-state index contributed by atoms with van der Waals surface area (Å²) in [7, 11) is 0. The molecule has 0 N–H and O–H groups in total. The van der Waals surface area contributed by atoms with Gasteiger partial charge in [-0.2, -0.15) is 5.10 Å². The monoisotopic (exact) mass is 348 g/mol. The molecule has 5 heteroatoms. The van der Waals surface area contributed by atoms with Gasteiger partial charge >= 0.3 is 0 Å². The molecule has 0 radical (unpaired) electrons. The van der Waals surface area contributed by atoms with Crippen LogP contribution in [0.4, 0.5) is 0 Å². The number of pyridine rings is 1. The first-order valence-corrected chi connectivity index (χ1v) is 9.40. The summed E-state index contributed by atoms with van der Waals surface area (Å²) >= 11 is 0. The molecule has 1 aliphatic heterocycles. The van der Waals surface area contributed by atoms with E-state index in [1.165, 1.54) is 6.42 Å². The summed E-state index contributed by atoms with van der Waals surface area (Å²) in [5.74, 6) is 0.117. The topological polar surface area (TPSA) is 51.0 Å². The van der Waals surface area contributed by atoms with Gasteiger partial charge in [0.15, 0.2) is 0 Å². The number of rotatable bonds is 3. The van der Waals surface area contributed by atoms with Crippen LogP contribution >= 0.6 is 0 Å². The second-order valence-electron chi connectivity index (χ2n) is 6.96. The molecule has 0 saturated carbocycles. The Bertz CT molecular complexity index is 954. The molecule has 0 bridgehead atoms. The van der Waals surface area contributed by atoms with E-state index in [-0.39, 0.29) is 5.91 Å². The Morgan fingerprint density at radius 3 is 2.73 bits per heavy atom. The third-order valence-corrected chi connectivity index (χ3v) is 5.17. The van der Waals surface area contributed by atoms with Gasteiger partial charge in [-0.1, -0.05) is 18.2 Å². The van der Waals surface area contributed by atoms with Gasteiger partial charge in [-0.05, 0) is 44.7 Å². The van der Waals surface area contributed by atoms with Crippen LogP contribution in [-0.2, 0) is 6.54 Å². The van der Waals surface area contributed by atoms with E-state index in [4.69, 9.17) is 4.98 Å². The van der Waals surface area contributed by atoms with Crippen LogP contribution in [0.3, 0.4) is 0 Å². The van der Waals surface area contributed by atoms with Crippen LogP contribution in [0.5, 0.6) is 0 Å². The lowest BCUT2D eigenvalue weighted by atomic mass is 10.0. The number of benzene rings is 1. The van der Waals surface area contributed by atoms with Gasteiger partial charge in [0.05, 0.1) is 23.0 Å². The van der Waals surface area contributed by atoms with Crippen molar-refractivity contribution >= 4 is 16.8 Å². The van der Waals surface area contributed by atoms with E-state index in [1.807, 2.05) is 53.2 Å². The van der Waals surface area contributed by atoms with Crippen molar-refractivity contribution in [2.75, 3.05) is 13.1 Å². The lowest BCUT2D eigenvalue weighted by molar-refractivity contribution is 0.0726. The number of hydrogen-bond acceptors (Lipinski definition) is 3. The minimum absolute atomic E-state index is 0.117. The standard InChI is InChI=1S/C21H24N4O/c1-3-25-14-16(13-22-25)19-12-18(21(26)24-10-5-4-6-11-24)17-9-7-8-15(2)20(17)23-19/h7-9,12-14H,3-6,10-11H2,1-2H3. The second kappa shape index (κ2) is 6.90. The zero-order chi connectivity index (χ0) is 18.1. The molecule has 1 aromatic carbocycles.